The van der Waals surface area contributed by atoms with E-state index in [9.17, 15) is 18.0 Å². The summed E-state index contributed by atoms with van der Waals surface area (Å²) >= 11 is 0. The molecule has 3 rings (SSSR count). The number of aromatic nitrogens is 1. The number of hydrogen-bond donors (Lipinski definition) is 0. The molecule has 1 saturated heterocycles. The first-order chi connectivity index (χ1) is 12.9. The van der Waals surface area contributed by atoms with Crippen LogP contribution >= 0.6 is 0 Å². The first kappa shape index (κ1) is 19.0. The normalized spacial score (nSPS) is 14.9. The van der Waals surface area contributed by atoms with E-state index in [1.807, 2.05) is 18.2 Å². The Balaban J connectivity index is 1.57. The lowest BCUT2D eigenvalue weighted by molar-refractivity contribution is -0.153. The minimum atomic E-state index is -4.42. The zero-order valence-corrected chi connectivity index (χ0v) is 14.7. The van der Waals surface area contributed by atoms with Gasteiger partial charge < -0.3 is 14.5 Å². The summed E-state index contributed by atoms with van der Waals surface area (Å²) in [4.78, 5) is 20.7. The van der Waals surface area contributed by atoms with Gasteiger partial charge in [0.1, 0.15) is 11.6 Å². The summed E-state index contributed by atoms with van der Waals surface area (Å²) in [6.07, 6.45) is -2.68. The van der Waals surface area contributed by atoms with E-state index in [4.69, 9.17) is 4.74 Å². The van der Waals surface area contributed by atoms with Gasteiger partial charge in [-0.3, -0.25) is 4.79 Å². The minimum absolute atomic E-state index is 0.0115. The number of benzene rings is 1. The van der Waals surface area contributed by atoms with E-state index in [0.717, 1.165) is 5.82 Å². The van der Waals surface area contributed by atoms with Crippen LogP contribution in [0.25, 0.3) is 0 Å². The zero-order chi connectivity index (χ0) is 19.3. The standard InChI is InChI=1S/C19H20F3N3O2/c20-19(21,22)14-27-16-6-2-1-5-15(16)13-18(26)25-11-9-24(10-12-25)17-7-3-4-8-23-17/h1-8H,9-14H2. The predicted molar refractivity (Wildman–Crippen MR) is 94.7 cm³/mol. The van der Waals surface area contributed by atoms with Crippen LogP contribution in [0, 0.1) is 0 Å². The molecule has 1 fully saturated rings. The van der Waals surface area contributed by atoms with E-state index in [1.165, 1.54) is 6.07 Å². The number of para-hydroxylation sites is 1. The molecule has 0 saturated carbocycles. The molecule has 1 aliphatic rings. The van der Waals surface area contributed by atoms with Gasteiger partial charge in [-0.05, 0) is 18.2 Å². The summed E-state index contributed by atoms with van der Waals surface area (Å²) < 4.78 is 42.0. The molecule has 0 atom stereocenters. The number of carbonyl (C=O) groups excluding carboxylic acids is 1. The fourth-order valence-electron chi connectivity index (χ4n) is 2.95. The highest BCUT2D eigenvalue weighted by atomic mass is 19.4. The Morgan fingerprint density at radius 1 is 1.04 bits per heavy atom. The molecule has 1 aromatic heterocycles. The molecule has 1 aromatic carbocycles. The second-order valence-electron chi connectivity index (χ2n) is 6.24. The van der Waals surface area contributed by atoms with Crippen LogP contribution in [-0.2, 0) is 11.2 Å². The van der Waals surface area contributed by atoms with Crippen molar-refractivity contribution in [2.45, 2.75) is 12.6 Å². The number of pyridine rings is 1. The molecule has 0 N–H and O–H groups in total. The topological polar surface area (TPSA) is 45.7 Å². The van der Waals surface area contributed by atoms with Crippen molar-refractivity contribution in [3.05, 3.63) is 54.2 Å². The van der Waals surface area contributed by atoms with Crippen LogP contribution in [0.5, 0.6) is 5.75 Å². The molecule has 2 aromatic rings. The highest BCUT2D eigenvalue weighted by molar-refractivity contribution is 5.79. The van der Waals surface area contributed by atoms with Gasteiger partial charge in [0.25, 0.3) is 0 Å². The second-order valence-corrected chi connectivity index (χ2v) is 6.24. The van der Waals surface area contributed by atoms with Gasteiger partial charge in [0.15, 0.2) is 6.61 Å². The highest BCUT2D eigenvalue weighted by Crippen LogP contribution is 2.23. The summed E-state index contributed by atoms with van der Waals surface area (Å²) in [6, 6.07) is 12.0. The number of hydrogen-bond acceptors (Lipinski definition) is 4. The molecular weight excluding hydrogens is 359 g/mol. The van der Waals surface area contributed by atoms with Gasteiger partial charge >= 0.3 is 6.18 Å². The van der Waals surface area contributed by atoms with Gasteiger partial charge in [-0.15, -0.1) is 0 Å². The molecule has 0 aliphatic carbocycles. The number of ether oxygens (including phenoxy) is 1. The van der Waals surface area contributed by atoms with Crippen molar-refractivity contribution >= 4 is 11.7 Å². The first-order valence-electron chi connectivity index (χ1n) is 8.63. The largest absolute Gasteiger partial charge is 0.484 e. The van der Waals surface area contributed by atoms with Crippen LogP contribution in [0.15, 0.2) is 48.7 Å². The third kappa shape index (κ3) is 5.35. The molecule has 0 bridgehead atoms. The molecule has 0 radical (unpaired) electrons. The van der Waals surface area contributed by atoms with E-state index >= 15 is 0 Å². The average molecular weight is 379 g/mol. The lowest BCUT2D eigenvalue weighted by Crippen LogP contribution is -2.49. The predicted octanol–water partition coefficient (Wildman–Crippen LogP) is 2.91. The van der Waals surface area contributed by atoms with Gasteiger partial charge in [-0.25, -0.2) is 4.98 Å². The third-order valence-electron chi connectivity index (χ3n) is 4.31. The van der Waals surface area contributed by atoms with Crippen LogP contribution in [0.4, 0.5) is 19.0 Å². The van der Waals surface area contributed by atoms with Crippen molar-refractivity contribution in [1.82, 2.24) is 9.88 Å². The number of halogens is 3. The Labute approximate surface area is 155 Å². The van der Waals surface area contributed by atoms with Crippen molar-refractivity contribution in [3.63, 3.8) is 0 Å². The first-order valence-corrected chi connectivity index (χ1v) is 8.63. The lowest BCUT2D eigenvalue weighted by Gasteiger charge is -2.35. The monoisotopic (exact) mass is 379 g/mol. The Morgan fingerprint density at radius 3 is 2.41 bits per heavy atom. The zero-order valence-electron chi connectivity index (χ0n) is 14.7. The summed E-state index contributed by atoms with van der Waals surface area (Å²) in [5.41, 5.74) is 0.457. The van der Waals surface area contributed by atoms with Crippen LogP contribution < -0.4 is 9.64 Å². The molecule has 8 heteroatoms. The minimum Gasteiger partial charge on any atom is -0.484 e. The van der Waals surface area contributed by atoms with E-state index in [-0.39, 0.29) is 18.1 Å². The van der Waals surface area contributed by atoms with E-state index in [2.05, 4.69) is 9.88 Å². The van der Waals surface area contributed by atoms with Crippen molar-refractivity contribution in [2.24, 2.45) is 0 Å². The maximum Gasteiger partial charge on any atom is 0.422 e. The van der Waals surface area contributed by atoms with Crippen LogP contribution in [0.2, 0.25) is 0 Å². The Kier molecular flexibility index (Phi) is 5.83. The number of rotatable bonds is 5. The van der Waals surface area contributed by atoms with Gasteiger partial charge in [0.05, 0.1) is 6.42 Å². The molecule has 5 nitrogen and oxygen atoms in total. The number of carbonyl (C=O) groups is 1. The van der Waals surface area contributed by atoms with Crippen molar-refractivity contribution in [1.29, 1.82) is 0 Å². The molecule has 27 heavy (non-hydrogen) atoms. The molecule has 0 unspecified atom stereocenters. The highest BCUT2D eigenvalue weighted by Gasteiger charge is 2.29. The quantitative estimate of drug-likeness (QED) is 0.802. The van der Waals surface area contributed by atoms with E-state index in [0.29, 0.717) is 31.7 Å². The van der Waals surface area contributed by atoms with E-state index in [1.54, 1.807) is 29.3 Å². The summed E-state index contributed by atoms with van der Waals surface area (Å²) in [7, 11) is 0. The summed E-state index contributed by atoms with van der Waals surface area (Å²) in [5, 5.41) is 0. The number of anilines is 1. The van der Waals surface area contributed by atoms with Crippen molar-refractivity contribution < 1.29 is 22.7 Å². The van der Waals surface area contributed by atoms with Gasteiger partial charge in [0, 0.05) is 37.9 Å². The Bertz CT molecular complexity index is 760. The van der Waals surface area contributed by atoms with Crippen LogP contribution in [-0.4, -0.2) is 54.8 Å². The number of piperazine rings is 1. The lowest BCUT2D eigenvalue weighted by atomic mass is 10.1. The number of amides is 1. The molecule has 0 spiro atoms. The summed E-state index contributed by atoms with van der Waals surface area (Å²) in [6.45, 7) is 1.03. The molecule has 1 amide bonds. The fraction of sp³-hybridized carbons (Fsp3) is 0.368. The Hall–Kier alpha value is -2.77. The maximum absolute atomic E-state index is 12.6. The second kappa shape index (κ2) is 8.28. The van der Waals surface area contributed by atoms with Gasteiger partial charge in [0.2, 0.25) is 5.91 Å². The smallest absolute Gasteiger partial charge is 0.422 e. The SMILES string of the molecule is O=C(Cc1ccccc1OCC(F)(F)F)N1CCN(c2ccccn2)CC1. The maximum atomic E-state index is 12.6. The van der Waals surface area contributed by atoms with Crippen LogP contribution in [0.1, 0.15) is 5.56 Å². The molecular formula is C19H20F3N3O2. The number of alkyl halides is 3. The number of nitrogens with zero attached hydrogens (tertiary/aromatic N) is 3. The molecule has 2 heterocycles. The average Bonchev–Trinajstić information content (AvgIpc) is 2.67. The fourth-order valence-corrected chi connectivity index (χ4v) is 2.95. The van der Waals surface area contributed by atoms with Gasteiger partial charge in [-0.2, -0.15) is 13.2 Å². The molecule has 1 aliphatic heterocycles. The van der Waals surface area contributed by atoms with Crippen LogP contribution in [0.3, 0.4) is 0 Å². The molecule has 144 valence electrons. The van der Waals surface area contributed by atoms with Crippen molar-refractivity contribution in [3.8, 4) is 5.75 Å². The van der Waals surface area contributed by atoms with E-state index < -0.39 is 12.8 Å². The summed E-state index contributed by atoms with van der Waals surface area (Å²) in [5.74, 6) is 0.838. The van der Waals surface area contributed by atoms with Gasteiger partial charge in [-0.1, -0.05) is 24.3 Å². The third-order valence-corrected chi connectivity index (χ3v) is 4.31. The Morgan fingerprint density at radius 2 is 1.74 bits per heavy atom. The van der Waals surface area contributed by atoms with Crippen molar-refractivity contribution in [2.75, 3.05) is 37.7 Å².